The van der Waals surface area contributed by atoms with Crippen LogP contribution < -0.4 is 9.64 Å². The molecule has 23 heavy (non-hydrogen) atoms. The lowest BCUT2D eigenvalue weighted by molar-refractivity contribution is 0.235. The zero-order valence-corrected chi connectivity index (χ0v) is 15.0. The first kappa shape index (κ1) is 16.3. The van der Waals surface area contributed by atoms with Crippen molar-refractivity contribution >= 4 is 17.0 Å². The number of aryl methyl sites for hydroxylation is 1. The van der Waals surface area contributed by atoms with E-state index in [2.05, 4.69) is 53.8 Å². The average molecular weight is 331 g/mol. The molecule has 2 aromatic rings. The van der Waals surface area contributed by atoms with E-state index in [1.54, 1.807) is 11.3 Å². The van der Waals surface area contributed by atoms with Crippen molar-refractivity contribution in [1.82, 2.24) is 9.88 Å². The molecule has 0 atom stereocenters. The number of para-hydroxylation sites is 2. The molecule has 0 amide bonds. The Morgan fingerprint density at radius 1 is 1.17 bits per heavy atom. The van der Waals surface area contributed by atoms with Gasteiger partial charge in [-0.05, 0) is 32.9 Å². The van der Waals surface area contributed by atoms with Crippen molar-refractivity contribution in [2.24, 2.45) is 0 Å². The van der Waals surface area contributed by atoms with Crippen LogP contribution in [0.25, 0.3) is 0 Å². The van der Waals surface area contributed by atoms with Gasteiger partial charge in [0.15, 0.2) is 0 Å². The summed E-state index contributed by atoms with van der Waals surface area (Å²) in [6.07, 6.45) is 2.17. The molecule has 4 nitrogen and oxygen atoms in total. The van der Waals surface area contributed by atoms with Crippen molar-refractivity contribution < 1.29 is 4.74 Å². The average Bonchev–Trinajstić information content (AvgIpc) is 2.93. The summed E-state index contributed by atoms with van der Waals surface area (Å²) in [6, 6.07) is 8.37. The first-order valence-corrected chi connectivity index (χ1v) is 9.08. The zero-order valence-electron chi connectivity index (χ0n) is 14.2. The fourth-order valence-electron chi connectivity index (χ4n) is 2.88. The van der Waals surface area contributed by atoms with Crippen LogP contribution in [-0.4, -0.2) is 42.2 Å². The minimum Gasteiger partial charge on any atom is -0.489 e. The van der Waals surface area contributed by atoms with Gasteiger partial charge in [-0.1, -0.05) is 12.1 Å². The Kier molecular flexibility index (Phi) is 5.18. The maximum Gasteiger partial charge on any atom is 0.142 e. The van der Waals surface area contributed by atoms with Gasteiger partial charge in [-0.3, -0.25) is 4.90 Å². The second-order valence-electron chi connectivity index (χ2n) is 6.26. The quantitative estimate of drug-likeness (QED) is 0.837. The summed E-state index contributed by atoms with van der Waals surface area (Å²) in [7, 11) is 0. The van der Waals surface area contributed by atoms with Gasteiger partial charge >= 0.3 is 0 Å². The van der Waals surface area contributed by atoms with Crippen LogP contribution in [0.5, 0.6) is 5.75 Å². The van der Waals surface area contributed by atoms with Gasteiger partial charge in [0, 0.05) is 37.3 Å². The standard InChI is InChI=1S/C18H25N3OS/c1-14(2)22-17-7-5-4-6-16(17)21-10-8-20(9-11-21)13-18-19-12-15(3)23-18/h4-7,12,14H,8-11,13H2,1-3H3. The molecule has 0 bridgehead atoms. The van der Waals surface area contributed by atoms with Gasteiger partial charge in [-0.15, -0.1) is 11.3 Å². The van der Waals surface area contributed by atoms with Crippen LogP contribution in [0.2, 0.25) is 0 Å². The van der Waals surface area contributed by atoms with E-state index < -0.39 is 0 Å². The smallest absolute Gasteiger partial charge is 0.142 e. The molecule has 0 radical (unpaired) electrons. The maximum atomic E-state index is 5.96. The van der Waals surface area contributed by atoms with Gasteiger partial charge in [0.25, 0.3) is 0 Å². The molecule has 1 aliphatic rings. The highest BCUT2D eigenvalue weighted by atomic mass is 32.1. The van der Waals surface area contributed by atoms with E-state index in [-0.39, 0.29) is 6.10 Å². The molecule has 1 aromatic carbocycles. The minimum absolute atomic E-state index is 0.200. The first-order chi connectivity index (χ1) is 11.1. The first-order valence-electron chi connectivity index (χ1n) is 8.26. The Balaban J connectivity index is 1.60. The Bertz CT molecular complexity index is 633. The summed E-state index contributed by atoms with van der Waals surface area (Å²) in [5.74, 6) is 0.992. The monoisotopic (exact) mass is 331 g/mol. The van der Waals surface area contributed by atoms with Crippen molar-refractivity contribution in [3.8, 4) is 5.75 Å². The number of benzene rings is 1. The SMILES string of the molecule is Cc1cnc(CN2CCN(c3ccccc3OC(C)C)CC2)s1. The number of aromatic nitrogens is 1. The largest absolute Gasteiger partial charge is 0.489 e. The molecular formula is C18H25N3OS. The predicted octanol–water partition coefficient (Wildman–Crippen LogP) is 3.56. The summed E-state index contributed by atoms with van der Waals surface area (Å²) in [6.45, 7) is 11.4. The van der Waals surface area contributed by atoms with Crippen molar-refractivity contribution in [2.45, 2.75) is 33.4 Å². The number of rotatable bonds is 5. The van der Waals surface area contributed by atoms with Crippen molar-refractivity contribution in [1.29, 1.82) is 0 Å². The molecule has 0 unspecified atom stereocenters. The van der Waals surface area contributed by atoms with Crippen LogP contribution in [0, 0.1) is 6.92 Å². The van der Waals surface area contributed by atoms with Gasteiger partial charge in [0.05, 0.1) is 18.3 Å². The lowest BCUT2D eigenvalue weighted by Gasteiger charge is -2.36. The Labute approximate surface area is 142 Å². The fourth-order valence-corrected chi connectivity index (χ4v) is 3.71. The normalized spacial score (nSPS) is 16.1. The van der Waals surface area contributed by atoms with E-state index in [9.17, 15) is 0 Å². The van der Waals surface area contributed by atoms with E-state index in [1.807, 2.05) is 12.3 Å². The minimum atomic E-state index is 0.200. The van der Waals surface area contributed by atoms with Crippen LogP contribution in [0.4, 0.5) is 5.69 Å². The number of anilines is 1. The van der Waals surface area contributed by atoms with E-state index in [1.165, 1.54) is 15.6 Å². The van der Waals surface area contributed by atoms with Crippen LogP contribution in [-0.2, 0) is 6.54 Å². The Morgan fingerprint density at radius 3 is 2.57 bits per heavy atom. The van der Waals surface area contributed by atoms with E-state index in [4.69, 9.17) is 4.74 Å². The van der Waals surface area contributed by atoms with Crippen LogP contribution in [0.3, 0.4) is 0 Å². The molecule has 0 spiro atoms. The summed E-state index contributed by atoms with van der Waals surface area (Å²) < 4.78 is 5.96. The molecule has 1 fully saturated rings. The number of thiazole rings is 1. The molecule has 0 N–H and O–H groups in total. The lowest BCUT2D eigenvalue weighted by atomic mass is 10.2. The highest BCUT2D eigenvalue weighted by molar-refractivity contribution is 7.11. The molecule has 3 rings (SSSR count). The van der Waals surface area contributed by atoms with Gasteiger partial charge in [-0.25, -0.2) is 4.98 Å². The number of piperazine rings is 1. The van der Waals surface area contributed by atoms with Gasteiger partial charge in [0.2, 0.25) is 0 Å². The van der Waals surface area contributed by atoms with Crippen molar-refractivity contribution in [2.75, 3.05) is 31.1 Å². The van der Waals surface area contributed by atoms with Crippen LogP contribution >= 0.6 is 11.3 Å². The third-order valence-corrected chi connectivity index (χ3v) is 4.87. The van der Waals surface area contributed by atoms with Crippen molar-refractivity contribution in [3.05, 3.63) is 40.3 Å². The number of hydrogen-bond donors (Lipinski definition) is 0. The van der Waals surface area contributed by atoms with Crippen LogP contribution in [0.1, 0.15) is 23.7 Å². The fraction of sp³-hybridized carbons (Fsp3) is 0.500. The summed E-state index contributed by atoms with van der Waals surface area (Å²) in [5, 5.41) is 1.22. The Morgan fingerprint density at radius 2 is 1.91 bits per heavy atom. The molecule has 1 aromatic heterocycles. The summed E-state index contributed by atoms with van der Waals surface area (Å²) in [4.78, 5) is 10.7. The molecule has 0 saturated carbocycles. The molecular weight excluding hydrogens is 306 g/mol. The van der Waals surface area contributed by atoms with Crippen LogP contribution in [0.15, 0.2) is 30.5 Å². The maximum absolute atomic E-state index is 5.96. The number of hydrogen-bond acceptors (Lipinski definition) is 5. The van der Waals surface area contributed by atoms with Gasteiger partial charge < -0.3 is 9.64 Å². The van der Waals surface area contributed by atoms with E-state index in [0.29, 0.717) is 0 Å². The number of nitrogens with zero attached hydrogens (tertiary/aromatic N) is 3. The highest BCUT2D eigenvalue weighted by Gasteiger charge is 2.20. The molecule has 1 aliphatic heterocycles. The highest BCUT2D eigenvalue weighted by Crippen LogP contribution is 2.29. The van der Waals surface area contributed by atoms with Gasteiger partial charge in [-0.2, -0.15) is 0 Å². The van der Waals surface area contributed by atoms with Crippen molar-refractivity contribution in [3.63, 3.8) is 0 Å². The summed E-state index contributed by atoms with van der Waals surface area (Å²) in [5.41, 5.74) is 1.21. The van der Waals surface area contributed by atoms with E-state index in [0.717, 1.165) is 38.5 Å². The van der Waals surface area contributed by atoms with Gasteiger partial charge in [0.1, 0.15) is 10.8 Å². The Hall–Kier alpha value is -1.59. The molecule has 1 saturated heterocycles. The molecule has 124 valence electrons. The zero-order chi connectivity index (χ0) is 16.2. The molecule has 5 heteroatoms. The third kappa shape index (κ3) is 4.24. The molecule has 2 heterocycles. The summed E-state index contributed by atoms with van der Waals surface area (Å²) >= 11 is 1.80. The predicted molar refractivity (Wildman–Crippen MR) is 96.5 cm³/mol. The lowest BCUT2D eigenvalue weighted by Crippen LogP contribution is -2.46. The van der Waals surface area contributed by atoms with E-state index >= 15 is 0 Å². The second kappa shape index (κ2) is 7.32. The topological polar surface area (TPSA) is 28.6 Å². The second-order valence-corrected chi connectivity index (χ2v) is 7.58. The third-order valence-electron chi connectivity index (χ3n) is 3.97. The molecule has 0 aliphatic carbocycles. The number of ether oxygens (including phenoxy) is 1.